The molecule has 118 valence electrons. The Labute approximate surface area is 133 Å². The van der Waals surface area contributed by atoms with E-state index in [1.807, 2.05) is 13.0 Å². The molecule has 22 heavy (non-hydrogen) atoms. The third-order valence-corrected chi connectivity index (χ3v) is 5.93. The summed E-state index contributed by atoms with van der Waals surface area (Å²) in [7, 11) is 0. The lowest BCUT2D eigenvalue weighted by Crippen LogP contribution is -2.56. The van der Waals surface area contributed by atoms with E-state index in [0.29, 0.717) is 24.4 Å². The van der Waals surface area contributed by atoms with Gasteiger partial charge < -0.3 is 10.4 Å². The van der Waals surface area contributed by atoms with Crippen LogP contribution in [-0.4, -0.2) is 32.6 Å². The molecule has 2 unspecified atom stereocenters. The van der Waals surface area contributed by atoms with Crippen LogP contribution in [0.2, 0.25) is 0 Å². The van der Waals surface area contributed by atoms with Crippen molar-refractivity contribution in [2.24, 2.45) is 4.99 Å². The number of thioether (sulfide) groups is 1. The predicted molar refractivity (Wildman–Crippen MR) is 86.3 cm³/mol. The van der Waals surface area contributed by atoms with Gasteiger partial charge in [0.15, 0.2) is 5.17 Å². The normalized spacial score (nSPS) is 37.5. The molecular formula is C16H19FN2O2S. The number of amides is 1. The number of halogens is 1. The van der Waals surface area contributed by atoms with Crippen molar-refractivity contribution < 1.29 is 14.3 Å². The lowest BCUT2D eigenvalue weighted by molar-refractivity contribution is -0.126. The molecule has 3 aliphatic rings. The van der Waals surface area contributed by atoms with Crippen LogP contribution in [0.5, 0.6) is 0 Å². The Kier molecular flexibility index (Phi) is 3.77. The number of allylic oxidation sites excluding steroid dienone is 3. The van der Waals surface area contributed by atoms with Crippen molar-refractivity contribution in [3.05, 3.63) is 35.7 Å². The van der Waals surface area contributed by atoms with Crippen molar-refractivity contribution in [1.82, 2.24) is 5.32 Å². The third kappa shape index (κ3) is 2.44. The number of carbonyl (C=O) groups is 1. The molecule has 0 aromatic heterocycles. The van der Waals surface area contributed by atoms with E-state index in [4.69, 9.17) is 0 Å². The topological polar surface area (TPSA) is 61.7 Å². The average Bonchev–Trinajstić information content (AvgIpc) is 2.72. The zero-order valence-corrected chi connectivity index (χ0v) is 13.4. The number of hydrogen-bond acceptors (Lipinski definition) is 4. The van der Waals surface area contributed by atoms with Crippen molar-refractivity contribution in [3.8, 4) is 0 Å². The van der Waals surface area contributed by atoms with E-state index < -0.39 is 10.3 Å². The summed E-state index contributed by atoms with van der Waals surface area (Å²) in [5.74, 6) is -0.336. The summed E-state index contributed by atoms with van der Waals surface area (Å²) < 4.78 is 12.1. The first kappa shape index (κ1) is 15.5. The summed E-state index contributed by atoms with van der Waals surface area (Å²) in [6.45, 7) is 3.66. The van der Waals surface area contributed by atoms with E-state index in [1.54, 1.807) is 19.1 Å². The summed E-state index contributed by atoms with van der Waals surface area (Å²) in [5, 5.41) is 13.8. The maximum Gasteiger partial charge on any atom is 0.245 e. The van der Waals surface area contributed by atoms with E-state index in [2.05, 4.69) is 10.3 Å². The average molecular weight is 322 g/mol. The zero-order valence-electron chi connectivity index (χ0n) is 12.6. The summed E-state index contributed by atoms with van der Waals surface area (Å²) in [5.41, 5.74) is -0.0716. The molecule has 1 aliphatic heterocycles. The van der Waals surface area contributed by atoms with Gasteiger partial charge in [0, 0.05) is 6.42 Å². The highest BCUT2D eigenvalue weighted by atomic mass is 32.2. The minimum absolute atomic E-state index is 0.112. The Hall–Kier alpha value is -1.40. The molecule has 6 heteroatoms. The van der Waals surface area contributed by atoms with Crippen LogP contribution < -0.4 is 5.32 Å². The molecule has 4 nitrogen and oxygen atoms in total. The molecule has 0 bridgehead atoms. The van der Waals surface area contributed by atoms with Gasteiger partial charge in [-0.3, -0.25) is 9.79 Å². The first-order valence-corrected chi connectivity index (χ1v) is 8.19. The van der Waals surface area contributed by atoms with Gasteiger partial charge in [0.25, 0.3) is 0 Å². The van der Waals surface area contributed by atoms with Gasteiger partial charge in [0.1, 0.15) is 16.2 Å². The number of aliphatic hydroxyl groups is 1. The molecule has 0 radical (unpaired) electrons. The van der Waals surface area contributed by atoms with Crippen LogP contribution in [0.25, 0.3) is 0 Å². The zero-order chi connectivity index (χ0) is 16.0. The smallest absolute Gasteiger partial charge is 0.245 e. The van der Waals surface area contributed by atoms with Crippen LogP contribution in [-0.2, 0) is 4.79 Å². The minimum atomic E-state index is -1.11. The van der Waals surface area contributed by atoms with E-state index in [-0.39, 0.29) is 17.8 Å². The van der Waals surface area contributed by atoms with Gasteiger partial charge in [0.2, 0.25) is 5.91 Å². The number of aliphatic imine (C=N–C) groups is 1. The van der Waals surface area contributed by atoms with Crippen LogP contribution in [0, 0.1) is 0 Å². The number of amidine groups is 1. The van der Waals surface area contributed by atoms with Crippen molar-refractivity contribution in [1.29, 1.82) is 0 Å². The number of nitrogens with one attached hydrogen (secondary N) is 1. The van der Waals surface area contributed by atoms with E-state index in [0.717, 1.165) is 5.57 Å². The van der Waals surface area contributed by atoms with Gasteiger partial charge in [-0.25, -0.2) is 4.39 Å². The second-order valence-electron chi connectivity index (χ2n) is 6.09. The summed E-state index contributed by atoms with van der Waals surface area (Å²) >= 11 is 1.27. The fourth-order valence-electron chi connectivity index (χ4n) is 2.75. The standard InChI is InChI=1S/C16H19FN2O2S/c1-10(11-4-6-12(17)7-5-11)18-14-19-13(20)15(2,22-14)16(21)8-3-9-16/h3-4,6,8,10,21H,5,7,9H2,1-2H3,(H,18,19,20)/t10-,15?,16?/m0/s1. The van der Waals surface area contributed by atoms with Gasteiger partial charge in [-0.15, -0.1) is 0 Å². The van der Waals surface area contributed by atoms with Crippen molar-refractivity contribution in [3.63, 3.8) is 0 Å². The van der Waals surface area contributed by atoms with Gasteiger partial charge in [0.05, 0.1) is 6.04 Å². The molecule has 0 aromatic carbocycles. The Morgan fingerprint density at radius 3 is 2.73 bits per heavy atom. The lowest BCUT2D eigenvalue weighted by Gasteiger charge is -2.40. The highest BCUT2D eigenvalue weighted by molar-refractivity contribution is 8.16. The number of rotatable bonds is 3. The Morgan fingerprint density at radius 2 is 2.18 bits per heavy atom. The van der Waals surface area contributed by atoms with Crippen molar-refractivity contribution in [2.75, 3.05) is 0 Å². The maximum atomic E-state index is 13.0. The van der Waals surface area contributed by atoms with E-state index >= 15 is 0 Å². The number of nitrogens with zero attached hydrogens (tertiary/aromatic N) is 1. The quantitative estimate of drug-likeness (QED) is 0.785. The lowest BCUT2D eigenvalue weighted by atomic mass is 9.77. The van der Waals surface area contributed by atoms with Crippen LogP contribution in [0.1, 0.15) is 33.1 Å². The maximum absolute atomic E-state index is 13.0. The molecule has 1 heterocycles. The van der Waals surface area contributed by atoms with Gasteiger partial charge >= 0.3 is 0 Å². The fraction of sp³-hybridized carbons (Fsp3) is 0.500. The SMILES string of the molecule is C[C@H](N=C1NC(=O)C(C)(C2(O)C=CC2)S1)C1=CC=C(F)CC1. The summed E-state index contributed by atoms with van der Waals surface area (Å²) in [6, 6.07) is -0.124. The molecule has 2 aliphatic carbocycles. The Balaban J connectivity index is 1.77. The van der Waals surface area contributed by atoms with Crippen LogP contribution >= 0.6 is 11.8 Å². The monoisotopic (exact) mass is 322 g/mol. The Bertz CT molecular complexity index is 640. The van der Waals surface area contributed by atoms with Crippen molar-refractivity contribution >= 4 is 22.8 Å². The molecule has 1 saturated heterocycles. The highest BCUT2D eigenvalue weighted by Crippen LogP contribution is 2.47. The van der Waals surface area contributed by atoms with Gasteiger partial charge in [-0.1, -0.05) is 30.0 Å². The third-order valence-electron chi connectivity index (χ3n) is 4.58. The molecule has 0 aromatic rings. The van der Waals surface area contributed by atoms with Crippen LogP contribution in [0.3, 0.4) is 0 Å². The van der Waals surface area contributed by atoms with E-state index in [9.17, 15) is 14.3 Å². The predicted octanol–water partition coefficient (Wildman–Crippen LogP) is 2.62. The summed E-state index contributed by atoms with van der Waals surface area (Å²) in [4.78, 5) is 16.8. The Morgan fingerprint density at radius 1 is 1.45 bits per heavy atom. The first-order valence-electron chi connectivity index (χ1n) is 7.37. The second-order valence-corrected chi connectivity index (χ2v) is 7.49. The minimum Gasteiger partial charge on any atom is -0.383 e. The first-order chi connectivity index (χ1) is 10.3. The number of carbonyl (C=O) groups excluding carboxylic acids is 1. The second kappa shape index (κ2) is 5.35. The molecule has 3 atom stereocenters. The molecular weight excluding hydrogens is 303 g/mol. The largest absolute Gasteiger partial charge is 0.383 e. The fourth-order valence-corrected chi connectivity index (χ4v) is 3.97. The van der Waals surface area contributed by atoms with Crippen molar-refractivity contribution in [2.45, 2.75) is 49.5 Å². The molecule has 0 saturated carbocycles. The van der Waals surface area contributed by atoms with Crippen LogP contribution in [0.4, 0.5) is 4.39 Å². The molecule has 1 amide bonds. The highest BCUT2D eigenvalue weighted by Gasteiger charge is 2.58. The van der Waals surface area contributed by atoms with Gasteiger partial charge in [-0.2, -0.15) is 0 Å². The summed E-state index contributed by atoms with van der Waals surface area (Å²) in [6.07, 6.45) is 8.28. The molecule has 2 N–H and O–H groups in total. The van der Waals surface area contributed by atoms with E-state index in [1.165, 1.54) is 17.8 Å². The van der Waals surface area contributed by atoms with Crippen LogP contribution in [0.15, 0.2) is 40.7 Å². The van der Waals surface area contributed by atoms with Gasteiger partial charge in [-0.05, 0) is 38.3 Å². The number of hydrogen-bond donors (Lipinski definition) is 2. The molecule has 0 spiro atoms. The molecule has 1 fully saturated rings. The molecule has 3 rings (SSSR count).